The van der Waals surface area contributed by atoms with Gasteiger partial charge in [0.25, 0.3) is 15.6 Å². The molecule has 32 heavy (non-hydrogen) atoms. The van der Waals surface area contributed by atoms with Crippen LogP contribution in [-0.2, 0) is 38.9 Å². The number of sulfonamides is 1. The Hall–Kier alpha value is -3.05. The Balaban J connectivity index is 1.40. The Kier molecular flexibility index (Phi) is 6.11. The van der Waals surface area contributed by atoms with E-state index < -0.39 is 15.9 Å². The number of hydrogen-bond acceptors (Lipinski definition) is 7. The second-order valence-electron chi connectivity index (χ2n) is 7.64. The third-order valence-electron chi connectivity index (χ3n) is 5.19. The van der Waals surface area contributed by atoms with Crippen LogP contribution < -0.4 is 15.6 Å². The molecule has 4 rings (SSSR count). The fraction of sp³-hybridized carbons (Fsp3) is 0.333. The largest absolute Gasteiger partial charge is 0.326 e. The lowest BCUT2D eigenvalue weighted by atomic mass is 9.97. The summed E-state index contributed by atoms with van der Waals surface area (Å²) < 4.78 is 25.8. The maximum Gasteiger partial charge on any atom is 0.264 e. The summed E-state index contributed by atoms with van der Waals surface area (Å²) in [6, 6.07) is 5.47. The normalized spacial score (nSPS) is 13.5. The van der Waals surface area contributed by atoms with Gasteiger partial charge in [0, 0.05) is 30.3 Å². The number of aromatic nitrogens is 2. The highest BCUT2D eigenvalue weighted by atomic mass is 32.2. The van der Waals surface area contributed by atoms with Crippen LogP contribution in [0.4, 0.5) is 5.69 Å². The molecule has 0 aliphatic heterocycles. The van der Waals surface area contributed by atoms with Crippen LogP contribution in [0.2, 0.25) is 0 Å². The minimum atomic E-state index is -3.93. The van der Waals surface area contributed by atoms with Crippen LogP contribution in [0.5, 0.6) is 0 Å². The Bertz CT molecular complexity index is 1360. The zero-order valence-electron chi connectivity index (χ0n) is 17.4. The van der Waals surface area contributed by atoms with E-state index in [4.69, 9.17) is 0 Å². The maximum atomic E-state index is 12.6. The van der Waals surface area contributed by atoms with E-state index in [1.165, 1.54) is 29.1 Å². The highest BCUT2D eigenvalue weighted by molar-refractivity contribution is 7.90. The monoisotopic (exact) mass is 474 g/mol. The Labute approximate surface area is 188 Å². The van der Waals surface area contributed by atoms with Crippen LogP contribution >= 0.6 is 11.3 Å². The van der Waals surface area contributed by atoms with Crippen LogP contribution in [0.1, 0.15) is 42.5 Å². The summed E-state index contributed by atoms with van der Waals surface area (Å²) in [6.07, 6.45) is 4.48. The van der Waals surface area contributed by atoms with Gasteiger partial charge in [-0.25, -0.2) is 18.1 Å². The molecule has 3 aromatic rings. The first kappa shape index (κ1) is 22.2. The van der Waals surface area contributed by atoms with E-state index in [9.17, 15) is 22.8 Å². The van der Waals surface area contributed by atoms with Gasteiger partial charge in [-0.2, -0.15) is 0 Å². The van der Waals surface area contributed by atoms with Gasteiger partial charge in [0.1, 0.15) is 10.7 Å². The summed E-state index contributed by atoms with van der Waals surface area (Å²) in [7, 11) is -3.93. The van der Waals surface area contributed by atoms with Gasteiger partial charge in [-0.3, -0.25) is 14.4 Å². The van der Waals surface area contributed by atoms with E-state index in [-0.39, 0.29) is 29.2 Å². The number of aryl methyl sites for hydroxylation is 3. The molecule has 0 atom stereocenters. The average molecular weight is 475 g/mol. The van der Waals surface area contributed by atoms with Crippen molar-refractivity contribution in [2.75, 3.05) is 5.32 Å². The van der Waals surface area contributed by atoms with E-state index >= 15 is 0 Å². The second-order valence-corrected chi connectivity index (χ2v) is 10.4. The predicted octanol–water partition coefficient (Wildman–Crippen LogP) is 2.26. The van der Waals surface area contributed by atoms with Crippen molar-refractivity contribution < 1.29 is 18.0 Å². The topological polar surface area (TPSA) is 138 Å². The number of hydrogen-bond donors (Lipinski definition) is 3. The molecule has 0 bridgehead atoms. The summed E-state index contributed by atoms with van der Waals surface area (Å²) in [5.74, 6) is -0.515. The molecule has 3 N–H and O–H groups in total. The van der Waals surface area contributed by atoms with Crippen molar-refractivity contribution in [3.8, 4) is 0 Å². The highest BCUT2D eigenvalue weighted by Gasteiger charge is 2.20. The van der Waals surface area contributed by atoms with Crippen molar-refractivity contribution in [1.29, 1.82) is 0 Å². The first-order valence-electron chi connectivity index (χ1n) is 10.2. The summed E-state index contributed by atoms with van der Waals surface area (Å²) in [5.41, 5.74) is 1.39. The fourth-order valence-corrected chi connectivity index (χ4v) is 6.02. The van der Waals surface area contributed by atoms with E-state index in [0.29, 0.717) is 16.9 Å². The third kappa shape index (κ3) is 4.73. The number of rotatable bonds is 6. The van der Waals surface area contributed by atoms with Crippen molar-refractivity contribution >= 4 is 49.1 Å². The Morgan fingerprint density at radius 1 is 1.16 bits per heavy atom. The lowest BCUT2D eigenvalue weighted by molar-refractivity contribution is -0.117. The number of fused-ring (bicyclic) bond motifs is 3. The molecule has 0 saturated heterocycles. The van der Waals surface area contributed by atoms with Gasteiger partial charge in [-0.15, -0.1) is 11.3 Å². The molecular formula is C21H22N4O5S2. The summed E-state index contributed by atoms with van der Waals surface area (Å²) in [6.45, 7) is 1.11. The minimum absolute atomic E-state index is 0.0839. The quantitative estimate of drug-likeness (QED) is 0.501. The van der Waals surface area contributed by atoms with Crippen molar-refractivity contribution in [1.82, 2.24) is 14.7 Å². The number of benzene rings is 1. The van der Waals surface area contributed by atoms with Gasteiger partial charge in [-0.1, -0.05) is 0 Å². The second kappa shape index (κ2) is 8.83. The zero-order chi connectivity index (χ0) is 22.9. The maximum absolute atomic E-state index is 12.6. The van der Waals surface area contributed by atoms with Crippen LogP contribution in [0.25, 0.3) is 10.2 Å². The van der Waals surface area contributed by atoms with Gasteiger partial charge in [0.2, 0.25) is 11.8 Å². The lowest BCUT2D eigenvalue weighted by Crippen LogP contribution is -2.28. The van der Waals surface area contributed by atoms with Crippen LogP contribution in [0.15, 0.2) is 34.0 Å². The number of carbonyl (C=O) groups excluding carboxylic acids is 2. The lowest BCUT2D eigenvalue weighted by Gasteiger charge is -2.09. The highest BCUT2D eigenvalue weighted by Crippen LogP contribution is 2.33. The van der Waals surface area contributed by atoms with Crippen molar-refractivity contribution in [2.45, 2.75) is 50.3 Å². The van der Waals surface area contributed by atoms with E-state index in [0.717, 1.165) is 43.0 Å². The number of anilines is 1. The van der Waals surface area contributed by atoms with E-state index in [2.05, 4.69) is 15.3 Å². The molecule has 2 heterocycles. The molecule has 1 aliphatic carbocycles. The summed E-state index contributed by atoms with van der Waals surface area (Å²) in [4.78, 5) is 45.2. The minimum Gasteiger partial charge on any atom is -0.326 e. The van der Waals surface area contributed by atoms with E-state index in [1.54, 1.807) is 11.3 Å². The standard InChI is InChI=1S/C21H22N4O5S2/c1-12(26)25-32(29,30)14-8-6-13(7-9-14)22-18(27)11-10-17-23-20(28)19-15-4-2-3-5-16(15)31-21(19)24-17/h6-9H,2-5,10-11H2,1H3,(H,22,27)(H,25,26)(H,23,24,28). The van der Waals surface area contributed by atoms with Crippen LogP contribution in [-0.4, -0.2) is 30.2 Å². The molecule has 0 unspecified atom stereocenters. The molecule has 168 valence electrons. The zero-order valence-corrected chi connectivity index (χ0v) is 19.0. The van der Waals surface area contributed by atoms with Crippen molar-refractivity contribution in [2.24, 2.45) is 0 Å². The number of H-pyrrole nitrogens is 1. The Morgan fingerprint density at radius 3 is 2.59 bits per heavy atom. The molecule has 11 heteroatoms. The molecule has 9 nitrogen and oxygen atoms in total. The molecule has 0 fully saturated rings. The summed E-state index contributed by atoms with van der Waals surface area (Å²) in [5, 5.41) is 3.37. The smallest absolute Gasteiger partial charge is 0.264 e. The number of amides is 2. The number of nitrogens with zero attached hydrogens (tertiary/aromatic N) is 1. The fourth-order valence-electron chi connectivity index (χ4n) is 3.75. The van der Waals surface area contributed by atoms with Gasteiger partial charge in [-0.05, 0) is 55.5 Å². The molecule has 0 saturated carbocycles. The molecule has 0 spiro atoms. The van der Waals surface area contributed by atoms with E-state index in [1.807, 2.05) is 4.72 Å². The first-order valence-corrected chi connectivity index (χ1v) is 12.5. The molecule has 1 aromatic carbocycles. The van der Waals surface area contributed by atoms with Gasteiger partial charge >= 0.3 is 0 Å². The van der Waals surface area contributed by atoms with Crippen molar-refractivity contribution in [3.63, 3.8) is 0 Å². The predicted molar refractivity (Wildman–Crippen MR) is 121 cm³/mol. The molecule has 1 aliphatic rings. The molecule has 2 amide bonds. The number of nitrogens with one attached hydrogen (secondary N) is 3. The SMILES string of the molecule is CC(=O)NS(=O)(=O)c1ccc(NC(=O)CCc2nc3sc4c(c3c(=O)[nH]2)CCCC4)cc1. The number of aromatic amines is 1. The molecular weight excluding hydrogens is 452 g/mol. The molecule has 2 aromatic heterocycles. The van der Waals surface area contributed by atoms with Crippen molar-refractivity contribution in [3.05, 3.63) is 50.9 Å². The number of carbonyl (C=O) groups is 2. The Morgan fingerprint density at radius 2 is 1.88 bits per heavy atom. The average Bonchev–Trinajstić information content (AvgIpc) is 3.10. The first-order chi connectivity index (χ1) is 15.2. The molecule has 0 radical (unpaired) electrons. The number of thiophene rings is 1. The van der Waals surface area contributed by atoms with Gasteiger partial charge < -0.3 is 10.3 Å². The van der Waals surface area contributed by atoms with Gasteiger partial charge in [0.05, 0.1) is 10.3 Å². The van der Waals surface area contributed by atoms with Crippen LogP contribution in [0, 0.1) is 0 Å². The summed E-state index contributed by atoms with van der Waals surface area (Å²) >= 11 is 1.56. The van der Waals surface area contributed by atoms with Crippen LogP contribution in [0.3, 0.4) is 0 Å². The third-order valence-corrected chi connectivity index (χ3v) is 7.82. The van der Waals surface area contributed by atoms with Gasteiger partial charge in [0.15, 0.2) is 0 Å².